The molecule has 1 aromatic carbocycles. The van der Waals surface area contributed by atoms with Crippen LogP contribution in [0.15, 0.2) is 36.5 Å². The number of aromatic nitrogens is 1. The highest BCUT2D eigenvalue weighted by Gasteiger charge is 2.28. The summed E-state index contributed by atoms with van der Waals surface area (Å²) in [6, 6.07) is 9.66. The van der Waals surface area contributed by atoms with Crippen LogP contribution < -0.4 is 10.6 Å². The highest BCUT2D eigenvalue weighted by molar-refractivity contribution is 6.01. The smallest absolute Gasteiger partial charge is 0.227 e. The summed E-state index contributed by atoms with van der Waals surface area (Å²) in [5, 5.41) is 7.21. The molecule has 1 atom stereocenters. The Balaban J connectivity index is 0.00000110. The van der Waals surface area contributed by atoms with Gasteiger partial charge in [0.1, 0.15) is 0 Å². The van der Waals surface area contributed by atoms with Crippen molar-refractivity contribution in [2.75, 3.05) is 18.4 Å². The summed E-state index contributed by atoms with van der Waals surface area (Å²) in [7, 11) is 0. The topological polar surface area (TPSA) is 54.0 Å². The Labute approximate surface area is 136 Å². The molecule has 1 saturated heterocycles. The van der Waals surface area contributed by atoms with Crippen LogP contribution in [0, 0.1) is 11.8 Å². The number of nitrogens with zero attached hydrogens (tertiary/aromatic N) is 1. The number of hydrogen-bond acceptors (Lipinski definition) is 3. The second kappa shape index (κ2) is 7.59. The van der Waals surface area contributed by atoms with Crippen molar-refractivity contribution in [3.63, 3.8) is 0 Å². The van der Waals surface area contributed by atoms with Crippen molar-refractivity contribution in [1.82, 2.24) is 10.3 Å². The normalized spacial score (nSPS) is 15.3. The van der Waals surface area contributed by atoms with Crippen LogP contribution in [0.1, 0.15) is 6.92 Å². The molecular formula is C15H19Cl2N3O. The highest BCUT2D eigenvalue weighted by atomic mass is 35.5. The van der Waals surface area contributed by atoms with Gasteiger partial charge in [-0.3, -0.25) is 9.78 Å². The maximum absolute atomic E-state index is 12.2. The molecule has 0 spiro atoms. The molecule has 2 heterocycles. The van der Waals surface area contributed by atoms with Crippen LogP contribution in [0.25, 0.3) is 10.9 Å². The molecule has 3 rings (SSSR count). The number of fused-ring (bicyclic) bond motifs is 1. The van der Waals surface area contributed by atoms with E-state index < -0.39 is 0 Å². The van der Waals surface area contributed by atoms with E-state index in [1.807, 2.05) is 37.3 Å². The van der Waals surface area contributed by atoms with E-state index in [9.17, 15) is 4.79 Å². The van der Waals surface area contributed by atoms with E-state index in [0.29, 0.717) is 5.92 Å². The molecule has 1 unspecified atom stereocenters. The molecule has 2 N–H and O–H groups in total. The number of pyridine rings is 1. The second-order valence-corrected chi connectivity index (χ2v) is 5.07. The van der Waals surface area contributed by atoms with E-state index in [1.54, 1.807) is 6.20 Å². The molecule has 4 nitrogen and oxygen atoms in total. The van der Waals surface area contributed by atoms with Gasteiger partial charge in [-0.05, 0) is 43.3 Å². The molecule has 2 aromatic rings. The predicted molar refractivity (Wildman–Crippen MR) is 90.4 cm³/mol. The van der Waals surface area contributed by atoms with Crippen molar-refractivity contribution in [2.45, 2.75) is 6.92 Å². The summed E-state index contributed by atoms with van der Waals surface area (Å²) in [5.74, 6) is 0.573. The first-order valence-electron chi connectivity index (χ1n) is 6.61. The zero-order valence-corrected chi connectivity index (χ0v) is 13.3. The van der Waals surface area contributed by atoms with Crippen molar-refractivity contribution < 1.29 is 4.79 Å². The predicted octanol–water partition coefficient (Wildman–Crippen LogP) is 2.87. The number of carbonyl (C=O) groups excluding carboxylic acids is 1. The van der Waals surface area contributed by atoms with Gasteiger partial charge in [-0.1, -0.05) is 13.0 Å². The first kappa shape index (κ1) is 17.7. The summed E-state index contributed by atoms with van der Waals surface area (Å²) in [6.07, 6.45) is 1.76. The zero-order chi connectivity index (χ0) is 13.2. The van der Waals surface area contributed by atoms with Gasteiger partial charge in [-0.15, -0.1) is 24.8 Å². The molecule has 21 heavy (non-hydrogen) atoms. The molecule has 0 saturated carbocycles. The fraction of sp³-hybridized carbons (Fsp3) is 0.333. The average molecular weight is 328 g/mol. The third kappa shape index (κ3) is 3.64. The lowest BCUT2D eigenvalue weighted by Gasteiger charge is -2.31. The van der Waals surface area contributed by atoms with E-state index >= 15 is 0 Å². The van der Waals surface area contributed by atoms with Crippen LogP contribution in [0.5, 0.6) is 0 Å². The first-order valence-corrected chi connectivity index (χ1v) is 6.61. The fourth-order valence-corrected chi connectivity index (χ4v) is 2.34. The molecular weight excluding hydrogens is 309 g/mol. The van der Waals surface area contributed by atoms with Crippen molar-refractivity contribution in [3.8, 4) is 0 Å². The van der Waals surface area contributed by atoms with Crippen LogP contribution in [-0.2, 0) is 4.79 Å². The number of rotatable bonds is 3. The number of carbonyl (C=O) groups is 1. The maximum Gasteiger partial charge on any atom is 0.227 e. The molecule has 1 aromatic heterocycles. The SMILES string of the molecule is CC(C(=O)Nc1cccc2ncccc12)C1CNC1.Cl.Cl. The van der Waals surface area contributed by atoms with Gasteiger partial charge in [0.05, 0.1) is 11.2 Å². The van der Waals surface area contributed by atoms with Crippen molar-refractivity contribution >= 4 is 47.3 Å². The van der Waals surface area contributed by atoms with Crippen molar-refractivity contribution in [2.24, 2.45) is 11.8 Å². The molecule has 0 radical (unpaired) electrons. The summed E-state index contributed by atoms with van der Waals surface area (Å²) >= 11 is 0. The number of hydrogen-bond donors (Lipinski definition) is 2. The molecule has 0 bridgehead atoms. The molecule has 114 valence electrons. The molecule has 1 amide bonds. The fourth-order valence-electron chi connectivity index (χ4n) is 2.34. The zero-order valence-electron chi connectivity index (χ0n) is 11.7. The summed E-state index contributed by atoms with van der Waals surface area (Å²) in [6.45, 7) is 3.86. The van der Waals surface area contributed by atoms with Gasteiger partial charge in [-0.25, -0.2) is 0 Å². The van der Waals surface area contributed by atoms with Gasteiger partial charge in [0, 0.05) is 17.5 Å². The Morgan fingerprint density at radius 3 is 2.71 bits per heavy atom. The molecule has 1 aliphatic rings. The van der Waals surface area contributed by atoms with Crippen LogP contribution >= 0.6 is 24.8 Å². The maximum atomic E-state index is 12.2. The van der Waals surface area contributed by atoms with Gasteiger partial charge >= 0.3 is 0 Å². The average Bonchev–Trinajstić information content (AvgIpc) is 2.37. The summed E-state index contributed by atoms with van der Waals surface area (Å²) in [4.78, 5) is 16.5. The van der Waals surface area contributed by atoms with E-state index in [1.165, 1.54) is 0 Å². The Kier molecular flexibility index (Phi) is 6.40. The lowest BCUT2D eigenvalue weighted by Crippen LogP contribution is -2.48. The van der Waals surface area contributed by atoms with Gasteiger partial charge in [0.2, 0.25) is 5.91 Å². The number of halogens is 2. The van der Waals surface area contributed by atoms with Crippen molar-refractivity contribution in [3.05, 3.63) is 36.5 Å². The van der Waals surface area contributed by atoms with Crippen LogP contribution in [0.2, 0.25) is 0 Å². The Morgan fingerprint density at radius 2 is 2.05 bits per heavy atom. The van der Waals surface area contributed by atoms with Crippen molar-refractivity contribution in [1.29, 1.82) is 0 Å². The third-order valence-corrected chi connectivity index (χ3v) is 3.84. The summed E-state index contributed by atoms with van der Waals surface area (Å²) < 4.78 is 0. The lowest BCUT2D eigenvalue weighted by molar-refractivity contribution is -0.121. The molecule has 0 aliphatic carbocycles. The van der Waals surface area contributed by atoms with E-state index in [-0.39, 0.29) is 36.6 Å². The summed E-state index contributed by atoms with van der Waals surface area (Å²) in [5.41, 5.74) is 1.74. The minimum absolute atomic E-state index is 0. The number of nitrogens with one attached hydrogen (secondary N) is 2. The highest BCUT2D eigenvalue weighted by Crippen LogP contribution is 2.23. The van der Waals surface area contributed by atoms with Gasteiger partial charge in [0.15, 0.2) is 0 Å². The lowest BCUT2D eigenvalue weighted by atomic mass is 9.88. The largest absolute Gasteiger partial charge is 0.325 e. The standard InChI is InChI=1S/C15H17N3O.2ClH/c1-10(11-8-16-9-11)15(19)18-14-6-2-5-13-12(14)4-3-7-17-13;;/h2-7,10-11,16H,8-9H2,1H3,(H,18,19);2*1H. The van der Waals surface area contributed by atoms with E-state index in [0.717, 1.165) is 29.7 Å². The molecule has 1 fully saturated rings. The Bertz CT molecular complexity index is 611. The Morgan fingerprint density at radius 1 is 1.29 bits per heavy atom. The minimum Gasteiger partial charge on any atom is -0.325 e. The first-order chi connectivity index (χ1) is 9.25. The van der Waals surface area contributed by atoms with Crippen LogP contribution in [0.4, 0.5) is 5.69 Å². The quantitative estimate of drug-likeness (QED) is 0.911. The second-order valence-electron chi connectivity index (χ2n) is 5.07. The van der Waals surface area contributed by atoms with Gasteiger partial charge < -0.3 is 10.6 Å². The molecule has 6 heteroatoms. The van der Waals surface area contributed by atoms with E-state index in [2.05, 4.69) is 15.6 Å². The number of benzene rings is 1. The Hall–Kier alpha value is -1.36. The number of amides is 1. The van der Waals surface area contributed by atoms with Gasteiger partial charge in [0.25, 0.3) is 0 Å². The third-order valence-electron chi connectivity index (χ3n) is 3.84. The monoisotopic (exact) mass is 327 g/mol. The minimum atomic E-state index is 0. The number of anilines is 1. The van der Waals surface area contributed by atoms with Gasteiger partial charge in [-0.2, -0.15) is 0 Å². The molecule has 1 aliphatic heterocycles. The van der Waals surface area contributed by atoms with Crippen LogP contribution in [0.3, 0.4) is 0 Å². The van der Waals surface area contributed by atoms with E-state index in [4.69, 9.17) is 0 Å². The van der Waals surface area contributed by atoms with Crippen LogP contribution in [-0.4, -0.2) is 24.0 Å².